The van der Waals surface area contributed by atoms with E-state index in [1.165, 1.54) is 6.07 Å². The van der Waals surface area contributed by atoms with Gasteiger partial charge in [-0.3, -0.25) is 4.79 Å². The molecule has 0 fully saturated rings. The Labute approximate surface area is 92.7 Å². The zero-order valence-corrected chi connectivity index (χ0v) is 8.61. The van der Waals surface area contributed by atoms with Gasteiger partial charge in [0.25, 0.3) is 0 Å². The largest absolute Gasteiger partial charge is 0.273 e. The van der Waals surface area contributed by atoms with Crippen LogP contribution in [0.2, 0.25) is 0 Å². The maximum atomic E-state index is 13.2. The number of nitrogens with zero attached hydrogens (tertiary/aromatic N) is 1. The number of benzene rings is 1. The van der Waals surface area contributed by atoms with Crippen LogP contribution < -0.4 is 5.43 Å². The molecule has 0 bridgehead atoms. The van der Waals surface area contributed by atoms with Gasteiger partial charge in [-0.1, -0.05) is 24.3 Å². The first-order valence-corrected chi connectivity index (χ1v) is 5.04. The van der Waals surface area contributed by atoms with Crippen LogP contribution in [0.5, 0.6) is 0 Å². The van der Waals surface area contributed by atoms with E-state index in [0.29, 0.717) is 18.4 Å². The number of allylic oxidation sites excluding steroid dienone is 1. The number of nitrogens with one attached hydrogen (secondary N) is 1. The molecule has 0 saturated heterocycles. The van der Waals surface area contributed by atoms with E-state index in [2.05, 4.69) is 10.5 Å². The molecule has 2 rings (SSSR count). The Kier molecular flexibility index (Phi) is 3.10. The standard InChI is InChI=1S/C12H11FN2O/c13-11-4-2-1-3-9(11)5-6-10-7-8-12(16)15-14-10/h1-6H,7-8H2,(H,15,16). The normalized spacial score (nSPS) is 16.1. The lowest BCUT2D eigenvalue weighted by Crippen LogP contribution is -2.24. The summed E-state index contributed by atoms with van der Waals surface area (Å²) in [6, 6.07) is 6.51. The molecule has 16 heavy (non-hydrogen) atoms. The summed E-state index contributed by atoms with van der Waals surface area (Å²) in [5.74, 6) is -0.345. The number of hydrogen-bond donors (Lipinski definition) is 1. The molecule has 1 heterocycles. The molecule has 0 aromatic heterocycles. The van der Waals surface area contributed by atoms with E-state index in [-0.39, 0.29) is 11.7 Å². The number of halogens is 1. The lowest BCUT2D eigenvalue weighted by molar-refractivity contribution is -0.121. The highest BCUT2D eigenvalue weighted by molar-refractivity contribution is 6.02. The molecule has 1 N–H and O–H groups in total. The van der Waals surface area contributed by atoms with Gasteiger partial charge >= 0.3 is 0 Å². The summed E-state index contributed by atoms with van der Waals surface area (Å²) >= 11 is 0. The maximum absolute atomic E-state index is 13.2. The van der Waals surface area contributed by atoms with Gasteiger partial charge in [0.15, 0.2) is 0 Å². The van der Waals surface area contributed by atoms with Crippen LogP contribution >= 0.6 is 0 Å². The molecular formula is C12H11FN2O. The van der Waals surface area contributed by atoms with E-state index in [4.69, 9.17) is 0 Å². The number of hydrazone groups is 1. The predicted octanol–water partition coefficient (Wildman–Crippen LogP) is 2.10. The minimum absolute atomic E-state index is 0.0805. The van der Waals surface area contributed by atoms with Crippen molar-refractivity contribution in [3.8, 4) is 0 Å². The molecule has 4 heteroatoms. The summed E-state index contributed by atoms with van der Waals surface area (Å²) in [5, 5.41) is 3.86. The number of carbonyl (C=O) groups is 1. The van der Waals surface area contributed by atoms with E-state index < -0.39 is 0 Å². The van der Waals surface area contributed by atoms with Crippen LogP contribution in [0.4, 0.5) is 4.39 Å². The Morgan fingerprint density at radius 3 is 2.75 bits per heavy atom. The van der Waals surface area contributed by atoms with Crippen LogP contribution in [-0.2, 0) is 4.79 Å². The van der Waals surface area contributed by atoms with Gasteiger partial charge < -0.3 is 0 Å². The Hall–Kier alpha value is -1.97. The third-order valence-corrected chi connectivity index (χ3v) is 2.29. The van der Waals surface area contributed by atoms with Crippen molar-refractivity contribution in [1.82, 2.24) is 5.43 Å². The molecule has 1 amide bonds. The van der Waals surface area contributed by atoms with Crippen molar-refractivity contribution in [1.29, 1.82) is 0 Å². The quantitative estimate of drug-likeness (QED) is 0.811. The number of rotatable bonds is 2. The summed E-state index contributed by atoms with van der Waals surface area (Å²) in [6.07, 6.45) is 4.40. The van der Waals surface area contributed by atoms with Crippen molar-refractivity contribution < 1.29 is 9.18 Å². The van der Waals surface area contributed by atoms with Crippen molar-refractivity contribution in [2.75, 3.05) is 0 Å². The first-order chi connectivity index (χ1) is 7.75. The molecule has 1 aromatic rings. The van der Waals surface area contributed by atoms with Crippen LogP contribution in [0.15, 0.2) is 35.4 Å². The fourth-order valence-electron chi connectivity index (χ4n) is 1.40. The van der Waals surface area contributed by atoms with E-state index >= 15 is 0 Å². The summed E-state index contributed by atoms with van der Waals surface area (Å²) < 4.78 is 13.2. The second kappa shape index (κ2) is 4.70. The summed E-state index contributed by atoms with van der Waals surface area (Å²) in [5.41, 5.74) is 3.66. The maximum Gasteiger partial charge on any atom is 0.240 e. The Balaban J connectivity index is 2.10. The lowest BCUT2D eigenvalue weighted by atomic mass is 10.1. The first kappa shape index (κ1) is 10.5. The summed E-state index contributed by atoms with van der Waals surface area (Å²) in [6.45, 7) is 0. The van der Waals surface area contributed by atoms with E-state index in [9.17, 15) is 9.18 Å². The average molecular weight is 218 g/mol. The van der Waals surface area contributed by atoms with Gasteiger partial charge in [-0.25, -0.2) is 9.82 Å². The molecule has 0 aliphatic carbocycles. The van der Waals surface area contributed by atoms with Gasteiger partial charge in [0.05, 0.1) is 5.71 Å². The van der Waals surface area contributed by atoms with E-state index in [0.717, 1.165) is 5.71 Å². The van der Waals surface area contributed by atoms with Crippen molar-refractivity contribution in [3.05, 3.63) is 41.7 Å². The highest BCUT2D eigenvalue weighted by Crippen LogP contribution is 2.09. The topological polar surface area (TPSA) is 41.5 Å². The van der Waals surface area contributed by atoms with E-state index in [1.54, 1.807) is 30.4 Å². The molecule has 0 radical (unpaired) electrons. The molecule has 82 valence electrons. The third kappa shape index (κ3) is 2.53. The summed E-state index contributed by atoms with van der Waals surface area (Å²) in [4.78, 5) is 10.8. The number of hydrogen-bond acceptors (Lipinski definition) is 2. The Morgan fingerprint density at radius 1 is 1.25 bits per heavy atom. The molecule has 0 spiro atoms. The second-order valence-corrected chi connectivity index (χ2v) is 3.49. The lowest BCUT2D eigenvalue weighted by Gasteiger charge is -2.08. The SMILES string of the molecule is O=C1CCC(C=Cc2ccccc2F)=NN1. The summed E-state index contributed by atoms with van der Waals surface area (Å²) in [7, 11) is 0. The van der Waals surface area contributed by atoms with Gasteiger partial charge in [-0.2, -0.15) is 5.10 Å². The fraction of sp³-hybridized carbons (Fsp3) is 0.167. The van der Waals surface area contributed by atoms with Crippen LogP contribution in [0, 0.1) is 5.82 Å². The molecule has 1 aromatic carbocycles. The van der Waals surface area contributed by atoms with Crippen molar-refractivity contribution in [3.63, 3.8) is 0 Å². The smallest absolute Gasteiger partial charge is 0.240 e. The van der Waals surface area contributed by atoms with Crippen LogP contribution in [0.1, 0.15) is 18.4 Å². The highest BCUT2D eigenvalue weighted by atomic mass is 19.1. The van der Waals surface area contributed by atoms with E-state index in [1.807, 2.05) is 0 Å². The number of amides is 1. The van der Waals surface area contributed by atoms with Gasteiger partial charge in [0.1, 0.15) is 5.82 Å². The van der Waals surface area contributed by atoms with Gasteiger partial charge in [-0.05, 0) is 12.1 Å². The first-order valence-electron chi connectivity index (χ1n) is 5.04. The van der Waals surface area contributed by atoms with Crippen LogP contribution in [0.25, 0.3) is 6.08 Å². The fourth-order valence-corrected chi connectivity index (χ4v) is 1.40. The molecular weight excluding hydrogens is 207 g/mol. The van der Waals surface area contributed by atoms with Gasteiger partial charge in [0.2, 0.25) is 5.91 Å². The zero-order chi connectivity index (χ0) is 11.4. The monoisotopic (exact) mass is 218 g/mol. The number of carbonyl (C=O) groups excluding carboxylic acids is 1. The molecule has 0 atom stereocenters. The van der Waals surface area contributed by atoms with Crippen molar-refractivity contribution >= 4 is 17.7 Å². The Bertz CT molecular complexity index is 466. The molecule has 1 aliphatic heterocycles. The molecule has 0 unspecified atom stereocenters. The van der Waals surface area contributed by atoms with Gasteiger partial charge in [-0.15, -0.1) is 0 Å². The zero-order valence-electron chi connectivity index (χ0n) is 8.61. The molecule has 0 saturated carbocycles. The second-order valence-electron chi connectivity index (χ2n) is 3.49. The average Bonchev–Trinajstić information content (AvgIpc) is 2.30. The predicted molar refractivity (Wildman–Crippen MR) is 60.2 cm³/mol. The Morgan fingerprint density at radius 2 is 2.06 bits per heavy atom. The van der Waals surface area contributed by atoms with Crippen molar-refractivity contribution in [2.45, 2.75) is 12.8 Å². The van der Waals surface area contributed by atoms with Crippen LogP contribution in [0.3, 0.4) is 0 Å². The van der Waals surface area contributed by atoms with Crippen molar-refractivity contribution in [2.24, 2.45) is 5.10 Å². The minimum Gasteiger partial charge on any atom is -0.273 e. The minimum atomic E-state index is -0.265. The molecule has 1 aliphatic rings. The van der Waals surface area contributed by atoms with Gasteiger partial charge in [0, 0.05) is 18.4 Å². The highest BCUT2D eigenvalue weighted by Gasteiger charge is 2.08. The third-order valence-electron chi connectivity index (χ3n) is 2.29. The molecule has 3 nitrogen and oxygen atoms in total. The van der Waals surface area contributed by atoms with Crippen LogP contribution in [-0.4, -0.2) is 11.6 Å².